The fraction of sp³-hybridized carbons (Fsp3) is 0.650. The van der Waals surface area contributed by atoms with Crippen LogP contribution in [0.15, 0.2) is 18.2 Å². The Kier molecular flexibility index (Phi) is 6.75. The lowest BCUT2D eigenvalue weighted by atomic mass is 9.77. The highest BCUT2D eigenvalue weighted by molar-refractivity contribution is 5.89. The molecule has 1 aliphatic carbocycles. The largest absolute Gasteiger partial charge is 0.496 e. The molecule has 2 aliphatic rings. The van der Waals surface area contributed by atoms with Gasteiger partial charge in [0.15, 0.2) is 0 Å². The van der Waals surface area contributed by atoms with Gasteiger partial charge in [-0.2, -0.15) is 0 Å². The zero-order chi connectivity index (χ0) is 17.2. The molecule has 0 bridgehead atoms. The summed E-state index contributed by atoms with van der Waals surface area (Å²) in [6.07, 6.45) is 5.31. The molecule has 1 atom stereocenters. The monoisotopic (exact) mass is 366 g/mol. The van der Waals surface area contributed by atoms with Crippen LogP contribution in [0, 0.1) is 12.8 Å². The van der Waals surface area contributed by atoms with E-state index in [2.05, 4.69) is 35.3 Å². The van der Waals surface area contributed by atoms with E-state index >= 15 is 0 Å². The smallest absolute Gasteiger partial charge is 0.233 e. The predicted octanol–water partition coefficient (Wildman–Crippen LogP) is 3.31. The van der Waals surface area contributed by atoms with Crippen LogP contribution in [-0.4, -0.2) is 44.6 Å². The minimum absolute atomic E-state index is 0. The number of benzene rings is 1. The summed E-state index contributed by atoms with van der Waals surface area (Å²) in [6, 6.07) is 6.33. The number of hydrogen-bond acceptors (Lipinski definition) is 3. The number of carbonyl (C=O) groups excluding carboxylic acids is 1. The molecule has 140 valence electrons. The van der Waals surface area contributed by atoms with Gasteiger partial charge in [-0.3, -0.25) is 4.79 Å². The Hall–Kier alpha value is -1.26. The highest BCUT2D eigenvalue weighted by Gasteiger charge is 2.46. The summed E-state index contributed by atoms with van der Waals surface area (Å²) in [4.78, 5) is 15.6. The molecule has 1 N–H and O–H groups in total. The first-order valence-corrected chi connectivity index (χ1v) is 9.20. The highest BCUT2D eigenvalue weighted by atomic mass is 35.5. The van der Waals surface area contributed by atoms with Gasteiger partial charge < -0.3 is 15.0 Å². The van der Waals surface area contributed by atoms with Gasteiger partial charge in [0.2, 0.25) is 5.91 Å². The molecule has 1 heterocycles. The number of methoxy groups -OCH3 is 1. The molecule has 0 aromatic heterocycles. The number of hydrogen-bond donors (Lipinski definition) is 1. The summed E-state index contributed by atoms with van der Waals surface area (Å²) in [7, 11) is 3.69. The van der Waals surface area contributed by atoms with E-state index in [0.717, 1.165) is 68.6 Å². The molecule has 1 aromatic rings. The topological polar surface area (TPSA) is 41.6 Å². The first-order valence-electron chi connectivity index (χ1n) is 9.20. The molecule has 0 radical (unpaired) electrons. The van der Waals surface area contributed by atoms with Crippen molar-refractivity contribution in [2.24, 2.45) is 5.92 Å². The fourth-order valence-electron chi connectivity index (χ4n) is 4.50. The van der Waals surface area contributed by atoms with E-state index in [-0.39, 0.29) is 17.8 Å². The number of likely N-dealkylation sites (tertiary alicyclic amines) is 1. The first-order chi connectivity index (χ1) is 11.6. The molecule has 1 aromatic carbocycles. The van der Waals surface area contributed by atoms with Crippen molar-refractivity contribution in [1.29, 1.82) is 0 Å². The van der Waals surface area contributed by atoms with Crippen LogP contribution in [0.1, 0.15) is 43.2 Å². The first kappa shape index (κ1) is 20.1. The Balaban J connectivity index is 0.00000225. The van der Waals surface area contributed by atoms with E-state index in [9.17, 15) is 4.79 Å². The zero-order valence-electron chi connectivity index (χ0n) is 15.6. The van der Waals surface area contributed by atoms with Crippen molar-refractivity contribution in [1.82, 2.24) is 10.2 Å². The second kappa shape index (κ2) is 8.41. The number of ether oxygens (including phenoxy) is 1. The summed E-state index contributed by atoms with van der Waals surface area (Å²) in [5, 5.41) is 3.25. The molecule has 1 saturated carbocycles. The van der Waals surface area contributed by atoms with Crippen LogP contribution in [-0.2, 0) is 10.2 Å². The van der Waals surface area contributed by atoms with Gasteiger partial charge in [-0.15, -0.1) is 12.4 Å². The molecule has 4 nitrogen and oxygen atoms in total. The van der Waals surface area contributed by atoms with E-state index in [1.807, 2.05) is 7.05 Å². The Morgan fingerprint density at radius 3 is 2.72 bits per heavy atom. The molecular formula is C20H31ClN2O2. The number of nitrogens with one attached hydrogen (secondary N) is 1. The van der Waals surface area contributed by atoms with E-state index in [1.165, 1.54) is 0 Å². The van der Waals surface area contributed by atoms with Crippen LogP contribution in [0.4, 0.5) is 0 Å². The molecule has 1 unspecified atom stereocenters. The number of aryl methyl sites for hydroxylation is 1. The summed E-state index contributed by atoms with van der Waals surface area (Å²) in [5.41, 5.74) is 1.93. The van der Waals surface area contributed by atoms with Gasteiger partial charge >= 0.3 is 0 Å². The zero-order valence-corrected chi connectivity index (χ0v) is 16.5. The minimum atomic E-state index is -0.338. The average Bonchev–Trinajstić information content (AvgIpc) is 3.25. The lowest BCUT2D eigenvalue weighted by Gasteiger charge is -2.33. The van der Waals surface area contributed by atoms with Crippen LogP contribution in [0.25, 0.3) is 0 Å². The van der Waals surface area contributed by atoms with Crippen molar-refractivity contribution in [2.75, 3.05) is 33.8 Å². The predicted molar refractivity (Wildman–Crippen MR) is 104 cm³/mol. The second-order valence-corrected chi connectivity index (χ2v) is 7.44. The highest BCUT2D eigenvalue weighted by Crippen LogP contribution is 2.44. The van der Waals surface area contributed by atoms with Crippen molar-refractivity contribution in [2.45, 2.75) is 44.4 Å². The van der Waals surface area contributed by atoms with E-state index < -0.39 is 0 Å². The van der Waals surface area contributed by atoms with E-state index in [4.69, 9.17) is 4.74 Å². The van der Waals surface area contributed by atoms with Gasteiger partial charge in [0.25, 0.3) is 0 Å². The van der Waals surface area contributed by atoms with Crippen LogP contribution >= 0.6 is 12.4 Å². The summed E-state index contributed by atoms with van der Waals surface area (Å²) in [6.45, 7) is 4.84. The van der Waals surface area contributed by atoms with E-state index in [0.29, 0.717) is 11.8 Å². The minimum Gasteiger partial charge on any atom is -0.496 e. The van der Waals surface area contributed by atoms with Crippen molar-refractivity contribution in [3.63, 3.8) is 0 Å². The van der Waals surface area contributed by atoms with Gasteiger partial charge in [0.1, 0.15) is 5.75 Å². The van der Waals surface area contributed by atoms with Crippen LogP contribution in [0.3, 0.4) is 0 Å². The summed E-state index contributed by atoms with van der Waals surface area (Å²) in [5.74, 6) is 1.82. The lowest BCUT2D eigenvalue weighted by Crippen LogP contribution is -2.44. The number of rotatable bonds is 5. The van der Waals surface area contributed by atoms with Crippen LogP contribution in [0.2, 0.25) is 0 Å². The Bertz CT molecular complexity index is 599. The normalized spacial score (nSPS) is 21.9. The standard InChI is InChI=1S/C20H30N2O2.ClH/c1-15-6-7-17(12-18(15)24-3)20(9-4-5-10-20)19(23)22-11-8-16(14-22)13-21-2;/h6-7,12,16,21H,4-5,8-11,13-14H2,1-3H3;1H. The van der Waals surface area contributed by atoms with Crippen LogP contribution < -0.4 is 10.1 Å². The second-order valence-electron chi connectivity index (χ2n) is 7.44. The molecule has 2 fully saturated rings. The SMILES string of the molecule is CNCC1CCN(C(=O)C2(c3ccc(C)c(OC)c3)CCCC2)C1.Cl. The third-order valence-electron chi connectivity index (χ3n) is 5.89. The van der Waals surface area contributed by atoms with Crippen molar-refractivity contribution >= 4 is 18.3 Å². The Morgan fingerprint density at radius 2 is 2.08 bits per heavy atom. The molecular weight excluding hydrogens is 336 g/mol. The fourth-order valence-corrected chi connectivity index (χ4v) is 4.50. The van der Waals surface area contributed by atoms with Gasteiger partial charge in [-0.05, 0) is 62.9 Å². The van der Waals surface area contributed by atoms with Gasteiger partial charge in [0, 0.05) is 13.1 Å². The van der Waals surface area contributed by atoms with Crippen molar-refractivity contribution in [3.8, 4) is 5.75 Å². The van der Waals surface area contributed by atoms with Gasteiger partial charge in [-0.1, -0.05) is 25.0 Å². The number of carbonyl (C=O) groups is 1. The maximum atomic E-state index is 13.5. The molecule has 1 aliphatic heterocycles. The lowest BCUT2D eigenvalue weighted by molar-refractivity contribution is -0.136. The molecule has 1 saturated heterocycles. The van der Waals surface area contributed by atoms with E-state index in [1.54, 1.807) is 7.11 Å². The molecule has 0 spiro atoms. The molecule has 25 heavy (non-hydrogen) atoms. The van der Waals surface area contributed by atoms with Crippen LogP contribution in [0.5, 0.6) is 5.75 Å². The van der Waals surface area contributed by atoms with Gasteiger partial charge in [0.05, 0.1) is 12.5 Å². The third-order valence-corrected chi connectivity index (χ3v) is 5.89. The number of amides is 1. The maximum absolute atomic E-state index is 13.5. The number of nitrogens with zero attached hydrogens (tertiary/aromatic N) is 1. The molecule has 3 rings (SSSR count). The third kappa shape index (κ3) is 3.80. The quantitative estimate of drug-likeness (QED) is 0.869. The molecule has 1 amide bonds. The van der Waals surface area contributed by atoms with Crippen molar-refractivity contribution < 1.29 is 9.53 Å². The van der Waals surface area contributed by atoms with Gasteiger partial charge in [-0.25, -0.2) is 0 Å². The summed E-state index contributed by atoms with van der Waals surface area (Å²) < 4.78 is 5.51. The van der Waals surface area contributed by atoms with Crippen molar-refractivity contribution in [3.05, 3.63) is 29.3 Å². The Morgan fingerprint density at radius 1 is 1.36 bits per heavy atom. The average molecular weight is 367 g/mol. The maximum Gasteiger partial charge on any atom is 0.233 e. The molecule has 5 heteroatoms. The Labute approximate surface area is 157 Å². The summed E-state index contributed by atoms with van der Waals surface area (Å²) >= 11 is 0. The number of halogens is 1.